The molecule has 13 heavy (non-hydrogen) atoms. The largest absolute Gasteiger partial charge is 0.508 e. The maximum Gasteiger partial charge on any atom is 0.128 e. The van der Waals surface area contributed by atoms with Crippen LogP contribution in [0.4, 0.5) is 0 Å². The van der Waals surface area contributed by atoms with E-state index in [2.05, 4.69) is 22.6 Å². The number of nitrogens with two attached hydrogens (primary N) is 1. The van der Waals surface area contributed by atoms with E-state index >= 15 is 0 Å². The molecule has 4 heteroatoms. The Kier molecular flexibility index (Phi) is 2.33. The Hall–Kier alpha value is -0.490. The highest BCUT2D eigenvalue weighted by Crippen LogP contribution is 2.36. The summed E-state index contributed by atoms with van der Waals surface area (Å²) in [4.78, 5) is 0. The first-order valence-corrected chi connectivity index (χ1v) is 5.17. The molecule has 1 aliphatic rings. The number of hydrogen-bond donors (Lipinski definition) is 2. The monoisotopic (exact) mass is 291 g/mol. The van der Waals surface area contributed by atoms with E-state index in [4.69, 9.17) is 10.5 Å². The van der Waals surface area contributed by atoms with Gasteiger partial charge in [-0.25, -0.2) is 0 Å². The molecule has 3 N–H and O–H groups in total. The van der Waals surface area contributed by atoms with Gasteiger partial charge >= 0.3 is 0 Å². The molecule has 0 saturated carbocycles. The molecule has 2 rings (SSSR count). The Bertz CT molecular complexity index is 341. The Labute approximate surface area is 90.0 Å². The third-order valence-electron chi connectivity index (χ3n) is 2.13. The molecular weight excluding hydrogens is 281 g/mol. The van der Waals surface area contributed by atoms with E-state index in [0.717, 1.165) is 21.3 Å². The van der Waals surface area contributed by atoms with Crippen molar-refractivity contribution >= 4 is 22.6 Å². The van der Waals surface area contributed by atoms with Crippen molar-refractivity contribution in [2.75, 3.05) is 6.61 Å². The Morgan fingerprint density at radius 1 is 1.54 bits per heavy atom. The fourth-order valence-electron chi connectivity index (χ4n) is 1.50. The molecule has 3 nitrogen and oxygen atoms in total. The molecule has 1 atom stereocenters. The summed E-state index contributed by atoms with van der Waals surface area (Å²) < 4.78 is 6.38. The first-order chi connectivity index (χ1) is 6.18. The minimum Gasteiger partial charge on any atom is -0.508 e. The van der Waals surface area contributed by atoms with Crippen LogP contribution in [0.15, 0.2) is 12.1 Å². The molecule has 1 unspecified atom stereocenters. The van der Waals surface area contributed by atoms with Crippen LogP contribution in [0, 0.1) is 3.57 Å². The molecule has 0 spiro atoms. The van der Waals surface area contributed by atoms with Gasteiger partial charge in [-0.1, -0.05) is 0 Å². The SMILES string of the molecule is NC1CCOc2cc(O)cc(I)c21. The van der Waals surface area contributed by atoms with Crippen LogP contribution in [-0.2, 0) is 0 Å². The number of hydrogen-bond acceptors (Lipinski definition) is 3. The van der Waals surface area contributed by atoms with Gasteiger partial charge in [0.25, 0.3) is 0 Å². The number of rotatable bonds is 0. The van der Waals surface area contributed by atoms with Crippen molar-refractivity contribution in [3.8, 4) is 11.5 Å². The van der Waals surface area contributed by atoms with E-state index in [-0.39, 0.29) is 11.8 Å². The second kappa shape index (κ2) is 3.34. The predicted molar refractivity (Wildman–Crippen MR) is 57.9 cm³/mol. The molecule has 0 bridgehead atoms. The first kappa shape index (κ1) is 9.08. The van der Waals surface area contributed by atoms with Gasteiger partial charge in [0.2, 0.25) is 0 Å². The third-order valence-corrected chi connectivity index (χ3v) is 3.03. The van der Waals surface area contributed by atoms with Crippen LogP contribution < -0.4 is 10.5 Å². The van der Waals surface area contributed by atoms with Crippen molar-refractivity contribution in [1.82, 2.24) is 0 Å². The third kappa shape index (κ3) is 1.60. The van der Waals surface area contributed by atoms with Crippen LogP contribution in [0.25, 0.3) is 0 Å². The van der Waals surface area contributed by atoms with Gasteiger partial charge in [-0.3, -0.25) is 0 Å². The maximum absolute atomic E-state index is 9.33. The number of halogens is 1. The molecular formula is C9H10INO2. The van der Waals surface area contributed by atoms with Gasteiger partial charge in [0, 0.05) is 27.7 Å². The fourth-order valence-corrected chi connectivity index (χ4v) is 2.48. The average Bonchev–Trinajstić information content (AvgIpc) is 2.02. The van der Waals surface area contributed by atoms with Crippen LogP contribution in [0.2, 0.25) is 0 Å². The fraction of sp³-hybridized carbons (Fsp3) is 0.333. The standard InChI is InChI=1S/C9H10INO2/c10-6-3-5(12)4-8-9(6)7(11)1-2-13-8/h3-4,7,12H,1-2,11H2. The normalized spacial score (nSPS) is 20.6. The quantitative estimate of drug-likeness (QED) is 0.716. The Balaban J connectivity index is 2.56. The lowest BCUT2D eigenvalue weighted by molar-refractivity contribution is 0.266. The zero-order valence-corrected chi connectivity index (χ0v) is 9.11. The number of ether oxygens (including phenoxy) is 1. The van der Waals surface area contributed by atoms with Crippen LogP contribution in [0.1, 0.15) is 18.0 Å². The molecule has 0 amide bonds. The number of phenolic OH excluding ortho intramolecular Hbond substituents is 1. The molecule has 1 heterocycles. The molecule has 0 fully saturated rings. The minimum atomic E-state index is 0.0382. The topological polar surface area (TPSA) is 55.5 Å². The molecule has 0 saturated heterocycles. The molecule has 0 aromatic heterocycles. The molecule has 1 aliphatic heterocycles. The average molecular weight is 291 g/mol. The van der Waals surface area contributed by atoms with Gasteiger partial charge < -0.3 is 15.6 Å². The highest BCUT2D eigenvalue weighted by molar-refractivity contribution is 14.1. The molecule has 1 aromatic rings. The van der Waals surface area contributed by atoms with Crippen molar-refractivity contribution in [1.29, 1.82) is 0 Å². The second-order valence-corrected chi connectivity index (χ2v) is 4.25. The van der Waals surface area contributed by atoms with Gasteiger partial charge in [-0.05, 0) is 28.7 Å². The first-order valence-electron chi connectivity index (χ1n) is 4.09. The summed E-state index contributed by atoms with van der Waals surface area (Å²) in [5.41, 5.74) is 6.95. The van der Waals surface area contributed by atoms with E-state index in [0.29, 0.717) is 6.61 Å². The summed E-state index contributed by atoms with van der Waals surface area (Å²) in [6.45, 7) is 0.633. The van der Waals surface area contributed by atoms with Crippen molar-refractivity contribution in [3.05, 3.63) is 21.3 Å². The predicted octanol–water partition coefficient (Wildman–Crippen LogP) is 1.78. The van der Waals surface area contributed by atoms with E-state index in [1.54, 1.807) is 12.1 Å². The molecule has 0 aliphatic carbocycles. The summed E-state index contributed by atoms with van der Waals surface area (Å²) in [6, 6.07) is 3.36. The van der Waals surface area contributed by atoms with E-state index in [1.807, 2.05) is 0 Å². The molecule has 0 radical (unpaired) electrons. The second-order valence-electron chi connectivity index (χ2n) is 3.08. The highest BCUT2D eigenvalue weighted by Gasteiger charge is 2.21. The number of fused-ring (bicyclic) bond motifs is 1. The molecule has 70 valence electrons. The van der Waals surface area contributed by atoms with Crippen LogP contribution >= 0.6 is 22.6 Å². The van der Waals surface area contributed by atoms with Crippen molar-refractivity contribution in [2.45, 2.75) is 12.5 Å². The zero-order chi connectivity index (χ0) is 9.42. The Morgan fingerprint density at radius 3 is 3.08 bits per heavy atom. The summed E-state index contributed by atoms with van der Waals surface area (Å²) >= 11 is 2.16. The zero-order valence-electron chi connectivity index (χ0n) is 6.96. The van der Waals surface area contributed by atoms with Crippen molar-refractivity contribution in [2.24, 2.45) is 5.73 Å². The Morgan fingerprint density at radius 2 is 2.31 bits per heavy atom. The number of benzene rings is 1. The van der Waals surface area contributed by atoms with E-state index < -0.39 is 0 Å². The lowest BCUT2D eigenvalue weighted by Crippen LogP contribution is -2.21. The van der Waals surface area contributed by atoms with Crippen molar-refractivity contribution in [3.63, 3.8) is 0 Å². The van der Waals surface area contributed by atoms with Gasteiger partial charge in [-0.2, -0.15) is 0 Å². The van der Waals surface area contributed by atoms with E-state index in [1.165, 1.54) is 0 Å². The van der Waals surface area contributed by atoms with E-state index in [9.17, 15) is 5.11 Å². The van der Waals surface area contributed by atoms with Gasteiger partial charge in [0.1, 0.15) is 11.5 Å². The summed E-state index contributed by atoms with van der Waals surface area (Å²) in [6.07, 6.45) is 0.841. The lowest BCUT2D eigenvalue weighted by atomic mass is 10.0. The van der Waals surface area contributed by atoms with Crippen LogP contribution in [-0.4, -0.2) is 11.7 Å². The molecule has 1 aromatic carbocycles. The van der Waals surface area contributed by atoms with Gasteiger partial charge in [0.15, 0.2) is 0 Å². The summed E-state index contributed by atoms with van der Waals surface area (Å²) in [5, 5.41) is 9.33. The summed E-state index contributed by atoms with van der Waals surface area (Å²) in [5.74, 6) is 0.959. The van der Waals surface area contributed by atoms with Crippen molar-refractivity contribution < 1.29 is 9.84 Å². The maximum atomic E-state index is 9.33. The van der Waals surface area contributed by atoms with Crippen LogP contribution in [0.3, 0.4) is 0 Å². The highest BCUT2D eigenvalue weighted by atomic mass is 127. The minimum absolute atomic E-state index is 0.0382. The van der Waals surface area contributed by atoms with Crippen LogP contribution in [0.5, 0.6) is 11.5 Å². The smallest absolute Gasteiger partial charge is 0.128 e. The van der Waals surface area contributed by atoms with Gasteiger partial charge in [0.05, 0.1) is 6.61 Å². The van der Waals surface area contributed by atoms with Gasteiger partial charge in [-0.15, -0.1) is 0 Å². The number of phenols is 1. The number of aromatic hydroxyl groups is 1. The summed E-state index contributed by atoms with van der Waals surface area (Å²) in [7, 11) is 0. The lowest BCUT2D eigenvalue weighted by Gasteiger charge is -2.24.